The Labute approximate surface area is 136 Å². The number of carbonyl (C=O) groups is 1. The second kappa shape index (κ2) is 5.38. The van der Waals surface area contributed by atoms with Crippen molar-refractivity contribution in [2.45, 2.75) is 57.7 Å². The maximum Gasteiger partial charge on any atom is 0.289 e. The third kappa shape index (κ3) is 2.55. The molecule has 2 bridgehead atoms. The van der Waals surface area contributed by atoms with Crippen LogP contribution in [0.1, 0.15) is 47.4 Å². The molecule has 1 amide bonds. The monoisotopic (exact) mass is 312 g/mol. The van der Waals surface area contributed by atoms with Crippen molar-refractivity contribution in [3.63, 3.8) is 0 Å². The van der Waals surface area contributed by atoms with Crippen LogP contribution in [0.4, 0.5) is 0 Å². The van der Waals surface area contributed by atoms with E-state index in [-0.39, 0.29) is 5.91 Å². The van der Waals surface area contributed by atoms with E-state index in [0.29, 0.717) is 23.9 Å². The first kappa shape index (κ1) is 14.8. The number of furan rings is 1. The maximum absolute atomic E-state index is 12.8. The van der Waals surface area contributed by atoms with E-state index >= 15 is 0 Å². The molecule has 1 N–H and O–H groups in total. The first-order valence-electron chi connectivity index (χ1n) is 8.55. The molecule has 2 aromatic rings. The lowest BCUT2D eigenvalue weighted by atomic mass is 9.98. The molecule has 2 unspecified atom stereocenters. The van der Waals surface area contributed by atoms with Gasteiger partial charge in [-0.25, -0.2) is 0 Å². The van der Waals surface area contributed by atoms with Crippen LogP contribution in [0.25, 0.3) is 11.0 Å². The third-order valence-corrected chi connectivity index (χ3v) is 5.66. The van der Waals surface area contributed by atoms with Gasteiger partial charge in [-0.2, -0.15) is 0 Å². The zero-order valence-electron chi connectivity index (χ0n) is 14.1. The molecule has 0 spiro atoms. The van der Waals surface area contributed by atoms with Gasteiger partial charge >= 0.3 is 0 Å². The molecule has 23 heavy (non-hydrogen) atoms. The van der Waals surface area contributed by atoms with Crippen LogP contribution in [0.2, 0.25) is 0 Å². The molecular weight excluding hydrogens is 288 g/mol. The van der Waals surface area contributed by atoms with Crippen LogP contribution in [0.15, 0.2) is 22.6 Å². The summed E-state index contributed by atoms with van der Waals surface area (Å²) in [5.74, 6) is 0.459. The number of piperidine rings is 1. The van der Waals surface area contributed by atoms with E-state index in [1.165, 1.54) is 24.0 Å². The number of amides is 1. The van der Waals surface area contributed by atoms with E-state index in [1.807, 2.05) is 24.1 Å². The van der Waals surface area contributed by atoms with Crippen molar-refractivity contribution in [1.29, 1.82) is 0 Å². The number of benzene rings is 1. The van der Waals surface area contributed by atoms with E-state index in [0.717, 1.165) is 23.8 Å². The second-order valence-electron chi connectivity index (χ2n) is 7.26. The fraction of sp³-hybridized carbons (Fsp3) is 0.526. The van der Waals surface area contributed by atoms with Gasteiger partial charge in [0.25, 0.3) is 5.91 Å². The van der Waals surface area contributed by atoms with E-state index in [1.54, 1.807) is 0 Å². The van der Waals surface area contributed by atoms with Gasteiger partial charge in [0.15, 0.2) is 5.76 Å². The molecule has 0 radical (unpaired) electrons. The molecule has 122 valence electrons. The van der Waals surface area contributed by atoms with Gasteiger partial charge in [-0.1, -0.05) is 0 Å². The molecular formula is C19H24N2O2. The van der Waals surface area contributed by atoms with Crippen LogP contribution in [0, 0.1) is 13.8 Å². The van der Waals surface area contributed by atoms with Crippen LogP contribution in [0.5, 0.6) is 0 Å². The van der Waals surface area contributed by atoms with E-state index in [2.05, 4.69) is 25.2 Å². The quantitative estimate of drug-likeness (QED) is 0.924. The summed E-state index contributed by atoms with van der Waals surface area (Å²) in [6.45, 7) is 4.15. The highest BCUT2D eigenvalue weighted by molar-refractivity contribution is 5.96. The summed E-state index contributed by atoms with van der Waals surface area (Å²) in [5, 5.41) is 4.64. The van der Waals surface area contributed by atoms with E-state index < -0.39 is 0 Å². The average Bonchev–Trinajstić information content (AvgIpc) is 3.09. The molecule has 2 fully saturated rings. The molecule has 3 heterocycles. The van der Waals surface area contributed by atoms with Crippen LogP contribution in [-0.4, -0.2) is 36.0 Å². The van der Waals surface area contributed by atoms with Gasteiger partial charge < -0.3 is 14.6 Å². The maximum atomic E-state index is 12.8. The number of nitrogens with one attached hydrogen (secondary N) is 1. The van der Waals surface area contributed by atoms with Gasteiger partial charge in [0.2, 0.25) is 0 Å². The lowest BCUT2D eigenvalue weighted by Crippen LogP contribution is -2.48. The largest absolute Gasteiger partial charge is 0.451 e. The van der Waals surface area contributed by atoms with Crippen LogP contribution < -0.4 is 5.32 Å². The van der Waals surface area contributed by atoms with Crippen molar-refractivity contribution in [2.75, 3.05) is 7.05 Å². The second-order valence-corrected chi connectivity index (χ2v) is 7.26. The fourth-order valence-electron chi connectivity index (χ4n) is 4.09. The number of hydrogen-bond acceptors (Lipinski definition) is 3. The molecule has 4 rings (SSSR count). The number of nitrogens with zero attached hydrogens (tertiary/aromatic N) is 1. The molecule has 2 aliphatic rings. The third-order valence-electron chi connectivity index (χ3n) is 5.66. The number of carbonyl (C=O) groups excluding carboxylic acids is 1. The van der Waals surface area contributed by atoms with Gasteiger partial charge in [-0.3, -0.25) is 4.79 Å². The minimum absolute atomic E-state index is 0.00260. The highest BCUT2D eigenvalue weighted by Crippen LogP contribution is 2.30. The topological polar surface area (TPSA) is 45.5 Å². The summed E-state index contributed by atoms with van der Waals surface area (Å²) < 4.78 is 5.84. The lowest BCUT2D eigenvalue weighted by Gasteiger charge is -2.35. The fourth-order valence-corrected chi connectivity index (χ4v) is 4.09. The molecule has 1 aromatic heterocycles. The highest BCUT2D eigenvalue weighted by atomic mass is 16.3. The number of rotatable bonds is 2. The molecule has 1 aromatic carbocycles. The predicted molar refractivity (Wildman–Crippen MR) is 90.7 cm³/mol. The Hall–Kier alpha value is -1.81. The number of hydrogen-bond donors (Lipinski definition) is 1. The van der Waals surface area contributed by atoms with Crippen LogP contribution in [0.3, 0.4) is 0 Å². The zero-order valence-corrected chi connectivity index (χ0v) is 14.1. The Morgan fingerprint density at radius 3 is 2.48 bits per heavy atom. The molecule has 0 saturated carbocycles. The normalized spacial score (nSPS) is 26.7. The van der Waals surface area contributed by atoms with Gasteiger partial charge in [0.05, 0.1) is 0 Å². The predicted octanol–water partition coefficient (Wildman–Crippen LogP) is 3.40. The van der Waals surface area contributed by atoms with E-state index in [9.17, 15) is 4.79 Å². The van der Waals surface area contributed by atoms with Crippen LogP contribution >= 0.6 is 0 Å². The van der Waals surface area contributed by atoms with Gasteiger partial charge in [0, 0.05) is 30.6 Å². The Balaban J connectivity index is 1.58. The SMILES string of the molecule is Cc1cc2cc(C(=O)N(C)C3CC4CCC(C3)N4)oc2cc1C. The van der Waals surface area contributed by atoms with E-state index in [4.69, 9.17) is 4.42 Å². The minimum Gasteiger partial charge on any atom is -0.451 e. The molecule has 2 atom stereocenters. The Morgan fingerprint density at radius 2 is 1.78 bits per heavy atom. The van der Waals surface area contributed by atoms with Gasteiger partial charge in [-0.15, -0.1) is 0 Å². The zero-order chi connectivity index (χ0) is 16.1. The van der Waals surface area contributed by atoms with Crippen molar-refractivity contribution in [3.8, 4) is 0 Å². The summed E-state index contributed by atoms with van der Waals surface area (Å²) in [5.41, 5.74) is 3.21. The molecule has 4 nitrogen and oxygen atoms in total. The van der Waals surface area contributed by atoms with Crippen molar-refractivity contribution in [2.24, 2.45) is 0 Å². The minimum atomic E-state index is 0.00260. The molecule has 2 saturated heterocycles. The number of fused-ring (bicyclic) bond motifs is 3. The standard InChI is InChI=1S/C19H24N2O2/c1-11-6-13-8-18(23-17(13)7-12(11)2)19(22)21(3)16-9-14-4-5-15(10-16)20-14/h6-8,14-16,20H,4-5,9-10H2,1-3H3. The Bertz CT molecular complexity index is 713. The number of aryl methyl sites for hydroxylation is 2. The van der Waals surface area contributed by atoms with Crippen molar-refractivity contribution in [3.05, 3.63) is 35.1 Å². The summed E-state index contributed by atoms with van der Waals surface area (Å²) >= 11 is 0. The summed E-state index contributed by atoms with van der Waals surface area (Å²) in [4.78, 5) is 14.7. The average molecular weight is 312 g/mol. The van der Waals surface area contributed by atoms with Crippen LogP contribution in [-0.2, 0) is 0 Å². The van der Waals surface area contributed by atoms with Gasteiger partial charge in [-0.05, 0) is 68.9 Å². The van der Waals surface area contributed by atoms with Crippen molar-refractivity contribution >= 4 is 16.9 Å². The highest BCUT2D eigenvalue weighted by Gasteiger charge is 2.37. The summed E-state index contributed by atoms with van der Waals surface area (Å²) in [6.07, 6.45) is 4.59. The summed E-state index contributed by atoms with van der Waals surface area (Å²) in [6, 6.07) is 7.47. The molecule has 2 aliphatic heterocycles. The molecule has 0 aliphatic carbocycles. The first-order valence-corrected chi connectivity index (χ1v) is 8.55. The van der Waals surface area contributed by atoms with Gasteiger partial charge in [0.1, 0.15) is 5.58 Å². The molecule has 4 heteroatoms. The van der Waals surface area contributed by atoms with Crippen molar-refractivity contribution in [1.82, 2.24) is 10.2 Å². The lowest BCUT2D eigenvalue weighted by molar-refractivity contribution is 0.0652. The smallest absolute Gasteiger partial charge is 0.289 e. The first-order chi connectivity index (χ1) is 11.0. The Kier molecular flexibility index (Phi) is 3.45. The Morgan fingerprint density at radius 1 is 1.13 bits per heavy atom. The summed E-state index contributed by atoms with van der Waals surface area (Å²) in [7, 11) is 1.92. The van der Waals surface area contributed by atoms with Crippen molar-refractivity contribution < 1.29 is 9.21 Å².